The molecular weight excluding hydrogens is 744 g/mol. The maximum absolute atomic E-state index is 2.34. The van der Waals surface area contributed by atoms with Crippen LogP contribution in [-0.2, 0) is 39.0 Å². The summed E-state index contributed by atoms with van der Waals surface area (Å²) in [4.78, 5) is 0. The quantitative estimate of drug-likeness (QED) is 0.106. The summed E-state index contributed by atoms with van der Waals surface area (Å²) in [6, 6.07) is 61.6. The third kappa shape index (κ3) is 10.0. The first-order chi connectivity index (χ1) is 25.9. The van der Waals surface area contributed by atoms with Gasteiger partial charge in [0.1, 0.15) is 0 Å². The molecule has 2 radical (unpaired) electrons. The first-order valence-corrected chi connectivity index (χ1v) is 21.1. The van der Waals surface area contributed by atoms with Gasteiger partial charge in [-0.1, -0.05) is 197 Å². The molecule has 54 heavy (non-hydrogen) atoms. The van der Waals surface area contributed by atoms with Crippen LogP contribution in [0.1, 0.15) is 38.8 Å². The van der Waals surface area contributed by atoms with E-state index in [0.717, 1.165) is 22.4 Å². The maximum atomic E-state index is 2.34. The third-order valence-electron chi connectivity index (χ3n) is 9.59. The van der Waals surface area contributed by atoms with Crippen LogP contribution in [-0.4, -0.2) is 9.52 Å². The van der Waals surface area contributed by atoms with Crippen molar-refractivity contribution in [3.8, 4) is 44.5 Å². The maximum Gasteiger partial charge on any atom is 2.00 e. The van der Waals surface area contributed by atoms with E-state index in [9.17, 15) is 0 Å². The van der Waals surface area contributed by atoms with Crippen molar-refractivity contribution in [3.05, 3.63) is 181 Å². The zero-order valence-corrected chi connectivity index (χ0v) is 36.2. The molecular formula is C52H52SiZr. The molecule has 0 aliphatic rings. The Hall–Kier alpha value is -4.36. The molecule has 2 heteroatoms. The van der Waals surface area contributed by atoms with Crippen molar-refractivity contribution in [3.63, 3.8) is 0 Å². The van der Waals surface area contributed by atoms with Crippen LogP contribution >= 0.6 is 0 Å². The van der Waals surface area contributed by atoms with Crippen molar-refractivity contribution in [2.75, 3.05) is 0 Å². The van der Waals surface area contributed by atoms with Gasteiger partial charge in [0.25, 0.3) is 0 Å². The molecule has 0 N–H and O–H groups in total. The predicted molar refractivity (Wildman–Crippen MR) is 235 cm³/mol. The summed E-state index contributed by atoms with van der Waals surface area (Å²) in [5, 5.41) is 5.32. The number of hydrogen-bond acceptors (Lipinski definition) is 0. The van der Waals surface area contributed by atoms with Gasteiger partial charge >= 0.3 is 26.2 Å². The van der Waals surface area contributed by atoms with E-state index in [1.807, 2.05) is 0 Å². The van der Waals surface area contributed by atoms with Crippen LogP contribution < -0.4 is 0 Å². The summed E-state index contributed by atoms with van der Waals surface area (Å²) in [6.45, 7) is 13.4. The van der Waals surface area contributed by atoms with E-state index in [4.69, 9.17) is 0 Å². The molecule has 0 unspecified atom stereocenters. The van der Waals surface area contributed by atoms with Crippen molar-refractivity contribution in [2.24, 2.45) is 11.8 Å². The Kier molecular flexibility index (Phi) is 15.0. The van der Waals surface area contributed by atoms with Gasteiger partial charge in [0, 0.05) is 9.52 Å². The second-order valence-corrected chi connectivity index (χ2v) is 15.8. The second kappa shape index (κ2) is 19.8. The van der Waals surface area contributed by atoms with Crippen LogP contribution in [0, 0.1) is 11.8 Å². The van der Waals surface area contributed by atoms with E-state index in [0.29, 0.717) is 11.8 Å². The minimum absolute atomic E-state index is 0. The van der Waals surface area contributed by atoms with Gasteiger partial charge < -0.3 is 0 Å². The third-order valence-corrected chi connectivity index (χ3v) is 9.59. The number of benzene rings is 6. The number of rotatable bonds is 8. The van der Waals surface area contributed by atoms with Crippen LogP contribution in [0.5, 0.6) is 0 Å². The standard InChI is InChI=1S/2C25H23.C2H6Si.Zr/c2*1-18(2)15-20-11-6-7-13-23(20)24-14-8-12-21-16-22(17-25(21)24)19-9-4-3-5-10-19;1-3-2;/h2*3-14,16-18H,15H2,1-2H3;1-2H3;/q2*-1;;+2. The molecule has 0 spiro atoms. The van der Waals surface area contributed by atoms with Crippen LogP contribution in [0.2, 0.25) is 13.1 Å². The fourth-order valence-corrected chi connectivity index (χ4v) is 7.34. The Morgan fingerprint density at radius 1 is 0.426 bits per heavy atom. The molecule has 0 bridgehead atoms. The van der Waals surface area contributed by atoms with Crippen molar-refractivity contribution in [1.82, 2.24) is 0 Å². The van der Waals surface area contributed by atoms with Crippen LogP contribution in [0.25, 0.3) is 66.1 Å². The Balaban J connectivity index is 0.000000190. The van der Waals surface area contributed by atoms with Crippen molar-refractivity contribution < 1.29 is 26.2 Å². The van der Waals surface area contributed by atoms with Crippen LogP contribution in [0.4, 0.5) is 0 Å². The minimum atomic E-state index is 0. The summed E-state index contributed by atoms with van der Waals surface area (Å²) in [5.74, 6) is 1.31. The molecule has 0 fully saturated rings. The Labute approximate surface area is 346 Å². The van der Waals surface area contributed by atoms with Gasteiger partial charge in [0.05, 0.1) is 0 Å². The van der Waals surface area contributed by atoms with E-state index in [1.54, 1.807) is 0 Å². The zero-order chi connectivity index (χ0) is 37.2. The molecule has 0 saturated heterocycles. The van der Waals surface area contributed by atoms with Gasteiger partial charge in [-0.25, -0.2) is 0 Å². The van der Waals surface area contributed by atoms with Gasteiger partial charge in [-0.15, -0.1) is 69.1 Å². The first kappa shape index (κ1) is 40.8. The van der Waals surface area contributed by atoms with Crippen LogP contribution in [0.3, 0.4) is 0 Å². The van der Waals surface area contributed by atoms with E-state index in [-0.39, 0.29) is 26.2 Å². The SMILES string of the molecule is CC(C)Cc1ccccc1-c1cccc2[cH-]c(-c3ccccc3)cc12.CC(C)Cc1ccccc1-c1cccc2[cH-]c(-c3ccccc3)cc12.C[Si]C.[Zr+2]. The Morgan fingerprint density at radius 3 is 1.13 bits per heavy atom. The fourth-order valence-electron chi connectivity index (χ4n) is 7.34. The van der Waals surface area contributed by atoms with E-state index in [2.05, 4.69) is 211 Å². The molecule has 0 saturated carbocycles. The first-order valence-electron chi connectivity index (χ1n) is 19.1. The summed E-state index contributed by atoms with van der Waals surface area (Å²) in [5.41, 5.74) is 13.4. The molecule has 0 aromatic heterocycles. The van der Waals surface area contributed by atoms with Crippen molar-refractivity contribution in [2.45, 2.75) is 53.6 Å². The molecule has 0 nitrogen and oxygen atoms in total. The van der Waals surface area contributed by atoms with Gasteiger partial charge in [0.15, 0.2) is 0 Å². The molecule has 0 heterocycles. The smallest absolute Gasteiger partial charge is 0.144 e. The normalized spacial score (nSPS) is 10.8. The number of hydrogen-bond donors (Lipinski definition) is 0. The van der Waals surface area contributed by atoms with E-state index in [1.165, 1.54) is 77.2 Å². The molecule has 8 rings (SSSR count). The van der Waals surface area contributed by atoms with Gasteiger partial charge in [0.2, 0.25) is 0 Å². The molecule has 0 aliphatic heterocycles. The Morgan fingerprint density at radius 2 is 0.759 bits per heavy atom. The second-order valence-electron chi connectivity index (χ2n) is 14.8. The number of fused-ring (bicyclic) bond motifs is 2. The fraction of sp³-hybridized carbons (Fsp3) is 0.192. The van der Waals surface area contributed by atoms with E-state index >= 15 is 0 Å². The van der Waals surface area contributed by atoms with Gasteiger partial charge in [-0.2, -0.15) is 0 Å². The monoisotopic (exact) mass is 794 g/mol. The van der Waals surface area contributed by atoms with Crippen molar-refractivity contribution in [1.29, 1.82) is 0 Å². The summed E-state index contributed by atoms with van der Waals surface area (Å²) >= 11 is 0. The molecule has 268 valence electrons. The topological polar surface area (TPSA) is 0 Å². The zero-order valence-electron chi connectivity index (χ0n) is 32.7. The largest absolute Gasteiger partial charge is 2.00 e. The van der Waals surface area contributed by atoms with Crippen LogP contribution in [0.15, 0.2) is 170 Å². The molecule has 0 atom stereocenters. The van der Waals surface area contributed by atoms with E-state index < -0.39 is 0 Å². The summed E-state index contributed by atoms with van der Waals surface area (Å²) < 4.78 is 0. The predicted octanol–water partition coefficient (Wildman–Crippen LogP) is 15.0. The van der Waals surface area contributed by atoms with Gasteiger partial charge in [-0.05, 0) is 46.9 Å². The Bertz CT molecular complexity index is 2170. The minimum Gasteiger partial charge on any atom is -0.144 e. The molecule has 0 aliphatic carbocycles. The average molecular weight is 796 g/mol. The van der Waals surface area contributed by atoms with Gasteiger partial charge in [-0.3, -0.25) is 0 Å². The van der Waals surface area contributed by atoms with Crippen molar-refractivity contribution >= 4 is 31.1 Å². The summed E-state index contributed by atoms with van der Waals surface area (Å²) in [6.07, 6.45) is 2.22. The molecule has 8 aromatic carbocycles. The molecule has 8 aromatic rings. The average Bonchev–Trinajstić information content (AvgIpc) is 3.82. The molecule has 0 amide bonds. The summed E-state index contributed by atoms with van der Waals surface area (Å²) in [7, 11) is 1.08.